The number of rotatable bonds is 2. The predicted octanol–water partition coefficient (Wildman–Crippen LogP) is 3.19. The van der Waals surface area contributed by atoms with Crippen LogP contribution < -0.4 is 10.5 Å². The van der Waals surface area contributed by atoms with Crippen LogP contribution in [-0.4, -0.2) is 23.1 Å². The van der Waals surface area contributed by atoms with Gasteiger partial charge in [-0.2, -0.15) is 0 Å². The number of fused-ring (bicyclic) bond motifs is 1. The molecule has 2 aromatic carbocycles. The first-order valence-electron chi connectivity index (χ1n) is 7.66. The van der Waals surface area contributed by atoms with Crippen LogP contribution in [0.3, 0.4) is 0 Å². The van der Waals surface area contributed by atoms with Gasteiger partial charge in [0.2, 0.25) is 0 Å². The van der Waals surface area contributed by atoms with E-state index in [1.165, 1.54) is 18.5 Å². The highest BCUT2D eigenvalue weighted by molar-refractivity contribution is 5.79. The van der Waals surface area contributed by atoms with Gasteiger partial charge in [-0.05, 0) is 37.1 Å². The maximum absolute atomic E-state index is 12.2. The molecule has 1 saturated heterocycles. The molecule has 1 aliphatic heterocycles. The number of H-pyrrole nitrogens is 1. The van der Waals surface area contributed by atoms with Crippen LogP contribution in [0.25, 0.3) is 22.3 Å². The Labute approximate surface area is 128 Å². The number of hydrogen-bond donors (Lipinski definition) is 1. The Morgan fingerprint density at radius 2 is 1.82 bits per heavy atom. The summed E-state index contributed by atoms with van der Waals surface area (Å²) in [7, 11) is 0. The van der Waals surface area contributed by atoms with Gasteiger partial charge in [-0.25, -0.2) is 4.98 Å². The first-order valence-corrected chi connectivity index (χ1v) is 7.66. The zero-order valence-electron chi connectivity index (χ0n) is 12.2. The third-order valence-corrected chi connectivity index (χ3v) is 4.20. The van der Waals surface area contributed by atoms with Gasteiger partial charge in [-0.15, -0.1) is 0 Å². The fourth-order valence-electron chi connectivity index (χ4n) is 3.05. The Morgan fingerprint density at radius 1 is 1.00 bits per heavy atom. The third kappa shape index (κ3) is 2.26. The minimum atomic E-state index is -0.0906. The van der Waals surface area contributed by atoms with Crippen LogP contribution in [0.1, 0.15) is 12.8 Å². The van der Waals surface area contributed by atoms with E-state index >= 15 is 0 Å². The van der Waals surface area contributed by atoms with Gasteiger partial charge < -0.3 is 9.88 Å². The van der Waals surface area contributed by atoms with Gasteiger partial charge >= 0.3 is 0 Å². The van der Waals surface area contributed by atoms with E-state index in [1.54, 1.807) is 6.07 Å². The van der Waals surface area contributed by atoms with Gasteiger partial charge in [-0.3, -0.25) is 4.79 Å². The third-order valence-electron chi connectivity index (χ3n) is 4.20. The average molecular weight is 291 g/mol. The van der Waals surface area contributed by atoms with Crippen LogP contribution in [0.4, 0.5) is 5.69 Å². The SMILES string of the molecule is O=c1[nH]c(-c2cccc(N3CCCC3)c2)nc2ccccc12. The number of aromatic nitrogens is 2. The molecule has 4 rings (SSSR count). The van der Waals surface area contributed by atoms with E-state index in [4.69, 9.17) is 0 Å². The molecule has 0 spiro atoms. The lowest BCUT2D eigenvalue weighted by molar-refractivity contribution is 0.949. The van der Waals surface area contributed by atoms with Crippen molar-refractivity contribution >= 4 is 16.6 Å². The predicted molar refractivity (Wildman–Crippen MR) is 89.2 cm³/mol. The molecule has 1 fully saturated rings. The van der Waals surface area contributed by atoms with E-state index in [2.05, 4.69) is 27.0 Å². The molecule has 1 aliphatic rings. The molecule has 2 heterocycles. The lowest BCUT2D eigenvalue weighted by Crippen LogP contribution is -2.17. The van der Waals surface area contributed by atoms with Gasteiger partial charge in [0.15, 0.2) is 0 Å². The Morgan fingerprint density at radius 3 is 2.68 bits per heavy atom. The van der Waals surface area contributed by atoms with Crippen LogP contribution in [0.15, 0.2) is 53.3 Å². The molecular weight excluding hydrogens is 274 g/mol. The summed E-state index contributed by atoms with van der Waals surface area (Å²) in [5.41, 5.74) is 2.79. The standard InChI is InChI=1S/C18H17N3O/c22-18-15-8-1-2-9-16(15)19-17(20-18)13-6-5-7-14(12-13)21-10-3-4-11-21/h1-2,5-9,12H,3-4,10-11H2,(H,19,20,22). The summed E-state index contributed by atoms with van der Waals surface area (Å²) in [6, 6.07) is 15.7. The van der Waals surface area contributed by atoms with E-state index in [-0.39, 0.29) is 5.56 Å². The van der Waals surface area contributed by atoms with Crippen LogP contribution in [0.5, 0.6) is 0 Å². The van der Waals surface area contributed by atoms with E-state index in [0.717, 1.165) is 24.2 Å². The minimum Gasteiger partial charge on any atom is -0.372 e. The van der Waals surface area contributed by atoms with E-state index < -0.39 is 0 Å². The maximum atomic E-state index is 12.2. The second-order valence-electron chi connectivity index (χ2n) is 5.68. The van der Waals surface area contributed by atoms with Crippen molar-refractivity contribution in [1.29, 1.82) is 0 Å². The van der Waals surface area contributed by atoms with Crippen LogP contribution >= 0.6 is 0 Å². The van der Waals surface area contributed by atoms with E-state index in [9.17, 15) is 4.79 Å². The summed E-state index contributed by atoms with van der Waals surface area (Å²) >= 11 is 0. The number of nitrogens with zero attached hydrogens (tertiary/aromatic N) is 2. The quantitative estimate of drug-likeness (QED) is 0.789. The normalized spacial score (nSPS) is 14.6. The minimum absolute atomic E-state index is 0.0906. The first kappa shape index (κ1) is 13.1. The molecule has 1 aromatic heterocycles. The number of hydrogen-bond acceptors (Lipinski definition) is 3. The molecule has 22 heavy (non-hydrogen) atoms. The molecule has 3 aromatic rings. The highest BCUT2D eigenvalue weighted by Gasteiger charge is 2.13. The molecule has 4 heteroatoms. The summed E-state index contributed by atoms with van der Waals surface area (Å²) in [6.45, 7) is 2.20. The van der Waals surface area contributed by atoms with E-state index in [0.29, 0.717) is 11.2 Å². The molecule has 0 saturated carbocycles. The summed E-state index contributed by atoms with van der Waals surface area (Å²) in [4.78, 5) is 22.1. The van der Waals surface area contributed by atoms with Crippen molar-refractivity contribution in [2.45, 2.75) is 12.8 Å². The highest BCUT2D eigenvalue weighted by atomic mass is 16.1. The van der Waals surface area contributed by atoms with Gasteiger partial charge in [0, 0.05) is 24.3 Å². The summed E-state index contributed by atoms with van der Waals surface area (Å²) < 4.78 is 0. The lowest BCUT2D eigenvalue weighted by atomic mass is 10.1. The van der Waals surface area contributed by atoms with Gasteiger partial charge in [0.05, 0.1) is 10.9 Å². The molecule has 1 N–H and O–H groups in total. The molecule has 110 valence electrons. The summed E-state index contributed by atoms with van der Waals surface area (Å²) in [5.74, 6) is 0.629. The van der Waals surface area contributed by atoms with Crippen molar-refractivity contribution in [3.05, 3.63) is 58.9 Å². The van der Waals surface area contributed by atoms with Gasteiger partial charge in [0.1, 0.15) is 5.82 Å². The molecule has 0 unspecified atom stereocenters. The second-order valence-corrected chi connectivity index (χ2v) is 5.68. The average Bonchev–Trinajstić information content (AvgIpc) is 3.09. The van der Waals surface area contributed by atoms with Crippen LogP contribution in [0.2, 0.25) is 0 Å². The van der Waals surface area contributed by atoms with Crippen LogP contribution in [-0.2, 0) is 0 Å². The topological polar surface area (TPSA) is 49.0 Å². The van der Waals surface area contributed by atoms with Crippen molar-refractivity contribution in [2.24, 2.45) is 0 Å². The molecule has 0 bridgehead atoms. The van der Waals surface area contributed by atoms with Gasteiger partial charge in [0.25, 0.3) is 5.56 Å². The number of benzene rings is 2. The second kappa shape index (κ2) is 5.30. The Hall–Kier alpha value is -2.62. The largest absolute Gasteiger partial charge is 0.372 e. The Bertz CT molecular complexity index is 879. The molecule has 0 amide bonds. The van der Waals surface area contributed by atoms with Crippen molar-refractivity contribution in [3.63, 3.8) is 0 Å². The molecule has 0 aliphatic carbocycles. The molecular formula is C18H17N3O. The van der Waals surface area contributed by atoms with Crippen molar-refractivity contribution in [3.8, 4) is 11.4 Å². The monoisotopic (exact) mass is 291 g/mol. The maximum Gasteiger partial charge on any atom is 0.259 e. The smallest absolute Gasteiger partial charge is 0.259 e. The summed E-state index contributed by atoms with van der Waals surface area (Å²) in [5, 5.41) is 0.627. The first-order chi connectivity index (χ1) is 10.8. The number of aromatic amines is 1. The van der Waals surface area contributed by atoms with Gasteiger partial charge in [-0.1, -0.05) is 24.3 Å². The highest BCUT2D eigenvalue weighted by Crippen LogP contribution is 2.25. The number of nitrogens with one attached hydrogen (secondary N) is 1. The zero-order valence-corrected chi connectivity index (χ0v) is 12.2. The fraction of sp³-hybridized carbons (Fsp3) is 0.222. The van der Waals surface area contributed by atoms with Crippen molar-refractivity contribution < 1.29 is 0 Å². The summed E-state index contributed by atoms with van der Waals surface area (Å²) in [6.07, 6.45) is 2.49. The Balaban J connectivity index is 1.81. The zero-order chi connectivity index (χ0) is 14.9. The van der Waals surface area contributed by atoms with Crippen molar-refractivity contribution in [1.82, 2.24) is 9.97 Å². The molecule has 0 atom stereocenters. The lowest BCUT2D eigenvalue weighted by Gasteiger charge is -2.18. The number of anilines is 1. The number of para-hydroxylation sites is 1. The van der Waals surface area contributed by atoms with Crippen molar-refractivity contribution in [2.75, 3.05) is 18.0 Å². The molecule has 4 nitrogen and oxygen atoms in total. The van der Waals surface area contributed by atoms with E-state index in [1.807, 2.05) is 30.3 Å². The Kier molecular flexibility index (Phi) is 3.15. The molecule has 0 radical (unpaired) electrons. The van der Waals surface area contributed by atoms with Crippen LogP contribution in [0, 0.1) is 0 Å². The fourth-order valence-corrected chi connectivity index (χ4v) is 3.05.